The molecule has 0 aliphatic rings. The molecule has 3 aromatic rings. The molecule has 0 radical (unpaired) electrons. The van der Waals surface area contributed by atoms with E-state index in [1.54, 1.807) is 24.5 Å². The van der Waals surface area contributed by atoms with Crippen molar-refractivity contribution in [2.75, 3.05) is 10.6 Å². The Bertz CT molecular complexity index is 862. The highest BCUT2D eigenvalue weighted by Gasteiger charge is 2.09. The Morgan fingerprint density at radius 3 is 2.54 bits per heavy atom. The van der Waals surface area contributed by atoms with Gasteiger partial charge in [0.25, 0.3) is 5.69 Å². The lowest BCUT2D eigenvalue weighted by Gasteiger charge is -2.13. The van der Waals surface area contributed by atoms with Gasteiger partial charge in [0.1, 0.15) is 5.82 Å². The first-order valence-corrected chi connectivity index (χ1v) is 7.45. The maximum Gasteiger partial charge on any atom is 0.269 e. The summed E-state index contributed by atoms with van der Waals surface area (Å²) in [5.41, 5.74) is 2.37. The van der Waals surface area contributed by atoms with Crippen molar-refractivity contribution in [2.24, 2.45) is 0 Å². The highest BCUT2D eigenvalue weighted by Crippen LogP contribution is 2.25. The third-order valence-corrected chi connectivity index (χ3v) is 3.47. The molecule has 0 saturated carbocycles. The maximum atomic E-state index is 10.7. The minimum Gasteiger partial charge on any atom is -0.345 e. The smallest absolute Gasteiger partial charge is 0.269 e. The summed E-state index contributed by atoms with van der Waals surface area (Å²) in [6, 6.07) is 13.7. The Labute approximate surface area is 142 Å². The highest BCUT2D eigenvalue weighted by molar-refractivity contribution is 7.80. The molecule has 0 spiro atoms. The van der Waals surface area contributed by atoms with Gasteiger partial charge in [-0.1, -0.05) is 12.1 Å². The standard InChI is InChI=1S/C16H13N5O2S/c22-21(23)12-7-5-11(6-8-12)19-16(24)20-14-4-2-1-3-13(14)15-17-9-10-18-15/h1-10H,(H,17,18)(H2,19,20,24). The molecule has 3 rings (SSSR count). The van der Waals surface area contributed by atoms with E-state index in [4.69, 9.17) is 12.2 Å². The lowest BCUT2D eigenvalue weighted by atomic mass is 10.1. The van der Waals surface area contributed by atoms with Crippen molar-refractivity contribution in [1.29, 1.82) is 0 Å². The van der Waals surface area contributed by atoms with Crippen LogP contribution in [0.5, 0.6) is 0 Å². The number of aromatic amines is 1. The summed E-state index contributed by atoms with van der Waals surface area (Å²) in [6.07, 6.45) is 3.43. The monoisotopic (exact) mass is 339 g/mol. The molecule has 0 aliphatic heterocycles. The molecule has 0 unspecified atom stereocenters. The quantitative estimate of drug-likeness (QED) is 0.380. The van der Waals surface area contributed by atoms with E-state index in [9.17, 15) is 10.1 Å². The normalized spacial score (nSPS) is 10.2. The molecule has 0 fully saturated rings. The fraction of sp³-hybridized carbons (Fsp3) is 0. The summed E-state index contributed by atoms with van der Waals surface area (Å²) in [7, 11) is 0. The minimum atomic E-state index is -0.444. The minimum absolute atomic E-state index is 0.0302. The number of nitro groups is 1. The fourth-order valence-electron chi connectivity index (χ4n) is 2.16. The van der Waals surface area contributed by atoms with Gasteiger partial charge in [-0.25, -0.2) is 4.98 Å². The number of hydrogen-bond donors (Lipinski definition) is 3. The summed E-state index contributed by atoms with van der Waals surface area (Å²) in [5.74, 6) is 0.733. The number of nitro benzene ring substituents is 1. The van der Waals surface area contributed by atoms with Gasteiger partial charge in [0.05, 0.1) is 10.6 Å². The molecular weight excluding hydrogens is 326 g/mol. The average Bonchev–Trinajstić information content (AvgIpc) is 3.10. The van der Waals surface area contributed by atoms with Gasteiger partial charge in [0, 0.05) is 35.8 Å². The number of rotatable bonds is 4. The van der Waals surface area contributed by atoms with Crippen LogP contribution in [-0.2, 0) is 0 Å². The Kier molecular flexibility index (Phi) is 4.48. The molecule has 1 aromatic heterocycles. The second-order valence-corrected chi connectivity index (χ2v) is 5.27. The molecule has 120 valence electrons. The molecule has 0 saturated heterocycles. The molecule has 7 nitrogen and oxygen atoms in total. The number of anilines is 2. The van der Waals surface area contributed by atoms with Crippen LogP contribution in [0, 0.1) is 10.1 Å². The van der Waals surface area contributed by atoms with Gasteiger partial charge >= 0.3 is 0 Å². The lowest BCUT2D eigenvalue weighted by Crippen LogP contribution is -2.19. The van der Waals surface area contributed by atoms with Gasteiger partial charge in [-0.15, -0.1) is 0 Å². The maximum absolute atomic E-state index is 10.7. The lowest BCUT2D eigenvalue weighted by molar-refractivity contribution is -0.384. The van der Waals surface area contributed by atoms with E-state index in [-0.39, 0.29) is 5.69 Å². The number of H-pyrrole nitrogens is 1. The number of non-ortho nitro benzene ring substituents is 1. The van der Waals surface area contributed by atoms with E-state index in [0.717, 1.165) is 17.1 Å². The van der Waals surface area contributed by atoms with Crippen molar-refractivity contribution in [3.8, 4) is 11.4 Å². The topological polar surface area (TPSA) is 95.9 Å². The molecule has 0 aliphatic carbocycles. The Morgan fingerprint density at radius 2 is 1.88 bits per heavy atom. The largest absolute Gasteiger partial charge is 0.345 e. The number of benzene rings is 2. The summed E-state index contributed by atoms with van der Waals surface area (Å²) in [6.45, 7) is 0. The summed E-state index contributed by atoms with van der Waals surface area (Å²) in [4.78, 5) is 17.5. The summed E-state index contributed by atoms with van der Waals surface area (Å²) in [5, 5.41) is 17.1. The third kappa shape index (κ3) is 3.55. The van der Waals surface area contributed by atoms with Gasteiger partial charge in [-0.05, 0) is 36.5 Å². The summed E-state index contributed by atoms with van der Waals surface area (Å²) < 4.78 is 0. The van der Waals surface area contributed by atoms with E-state index in [0.29, 0.717) is 10.8 Å². The van der Waals surface area contributed by atoms with Crippen LogP contribution in [-0.4, -0.2) is 20.0 Å². The van der Waals surface area contributed by atoms with Crippen LogP contribution in [0.4, 0.5) is 17.1 Å². The third-order valence-electron chi connectivity index (χ3n) is 3.26. The van der Waals surface area contributed by atoms with Crippen molar-refractivity contribution >= 4 is 34.4 Å². The fourth-order valence-corrected chi connectivity index (χ4v) is 2.39. The number of imidazole rings is 1. The number of thiocarbonyl (C=S) groups is 1. The van der Waals surface area contributed by atoms with Gasteiger partial charge < -0.3 is 15.6 Å². The van der Waals surface area contributed by atoms with E-state index in [1.165, 1.54) is 12.1 Å². The first-order chi connectivity index (χ1) is 11.6. The van der Waals surface area contributed by atoms with E-state index < -0.39 is 4.92 Å². The molecule has 1 heterocycles. The Hall–Kier alpha value is -3.26. The second-order valence-electron chi connectivity index (χ2n) is 4.87. The summed E-state index contributed by atoms with van der Waals surface area (Å²) >= 11 is 5.30. The zero-order chi connectivity index (χ0) is 16.9. The van der Waals surface area contributed by atoms with Crippen LogP contribution < -0.4 is 10.6 Å². The van der Waals surface area contributed by atoms with Crippen LogP contribution in [0.25, 0.3) is 11.4 Å². The number of para-hydroxylation sites is 1. The number of hydrogen-bond acceptors (Lipinski definition) is 4. The highest BCUT2D eigenvalue weighted by atomic mass is 32.1. The van der Waals surface area contributed by atoms with E-state index >= 15 is 0 Å². The van der Waals surface area contributed by atoms with Crippen molar-refractivity contribution in [2.45, 2.75) is 0 Å². The van der Waals surface area contributed by atoms with Crippen LogP contribution >= 0.6 is 12.2 Å². The van der Waals surface area contributed by atoms with Crippen LogP contribution in [0.1, 0.15) is 0 Å². The molecular formula is C16H13N5O2S. The Balaban J connectivity index is 1.73. The number of aromatic nitrogens is 2. The van der Waals surface area contributed by atoms with E-state index in [2.05, 4.69) is 20.6 Å². The predicted octanol–water partition coefficient (Wildman–Crippen LogP) is 3.79. The molecule has 0 atom stereocenters. The molecule has 0 bridgehead atoms. The van der Waals surface area contributed by atoms with Crippen molar-refractivity contribution in [3.05, 3.63) is 71.0 Å². The van der Waals surface area contributed by atoms with Crippen molar-refractivity contribution in [3.63, 3.8) is 0 Å². The molecule has 0 amide bonds. The Morgan fingerprint density at radius 1 is 1.12 bits per heavy atom. The molecule has 8 heteroatoms. The number of nitrogens with one attached hydrogen (secondary N) is 3. The SMILES string of the molecule is O=[N+]([O-])c1ccc(NC(=S)Nc2ccccc2-c2ncc[nH]2)cc1. The average molecular weight is 339 g/mol. The first kappa shape index (κ1) is 15.6. The van der Waals surface area contributed by atoms with Gasteiger partial charge in [0.15, 0.2) is 5.11 Å². The van der Waals surface area contributed by atoms with Crippen molar-refractivity contribution < 1.29 is 4.92 Å². The predicted molar refractivity (Wildman–Crippen MR) is 97.0 cm³/mol. The van der Waals surface area contributed by atoms with E-state index in [1.807, 2.05) is 24.3 Å². The number of nitrogens with zero attached hydrogens (tertiary/aromatic N) is 2. The van der Waals surface area contributed by atoms with Gasteiger partial charge in [-0.2, -0.15) is 0 Å². The van der Waals surface area contributed by atoms with Crippen molar-refractivity contribution in [1.82, 2.24) is 9.97 Å². The van der Waals surface area contributed by atoms with Crippen LogP contribution in [0.3, 0.4) is 0 Å². The van der Waals surface area contributed by atoms with Crippen LogP contribution in [0.2, 0.25) is 0 Å². The van der Waals surface area contributed by atoms with Gasteiger partial charge in [0.2, 0.25) is 0 Å². The zero-order valence-corrected chi connectivity index (χ0v) is 13.2. The zero-order valence-electron chi connectivity index (χ0n) is 12.4. The first-order valence-electron chi connectivity index (χ1n) is 7.05. The molecule has 2 aromatic carbocycles. The van der Waals surface area contributed by atoms with Gasteiger partial charge in [-0.3, -0.25) is 10.1 Å². The second kappa shape index (κ2) is 6.88. The molecule has 24 heavy (non-hydrogen) atoms. The molecule has 3 N–H and O–H groups in total. The van der Waals surface area contributed by atoms with Crippen LogP contribution in [0.15, 0.2) is 60.9 Å².